The number of hydrogen-bond acceptors (Lipinski definition) is 7. The first kappa shape index (κ1) is 18.1. The summed E-state index contributed by atoms with van der Waals surface area (Å²) in [6, 6.07) is 8.68. The van der Waals surface area contributed by atoms with Gasteiger partial charge in [-0.25, -0.2) is 0 Å². The molecular formula is C17H17NO7. The van der Waals surface area contributed by atoms with Gasteiger partial charge in [-0.2, -0.15) is 0 Å². The second-order valence-corrected chi connectivity index (χ2v) is 4.87. The second kappa shape index (κ2) is 8.00. The Balaban J connectivity index is 2.20. The number of ketones is 1. The van der Waals surface area contributed by atoms with E-state index in [1.807, 2.05) is 0 Å². The summed E-state index contributed by atoms with van der Waals surface area (Å²) in [6.07, 6.45) is 0. The Bertz CT molecular complexity index is 789. The van der Waals surface area contributed by atoms with Crippen molar-refractivity contribution in [2.24, 2.45) is 0 Å². The topological polar surface area (TPSA) is 97.1 Å². The van der Waals surface area contributed by atoms with E-state index in [-0.39, 0.29) is 23.8 Å². The molecule has 0 heterocycles. The molecule has 0 N–H and O–H groups in total. The van der Waals surface area contributed by atoms with Crippen molar-refractivity contribution in [3.63, 3.8) is 0 Å². The van der Waals surface area contributed by atoms with E-state index in [0.29, 0.717) is 22.8 Å². The van der Waals surface area contributed by atoms with Gasteiger partial charge in [0.15, 0.2) is 18.1 Å². The predicted octanol–water partition coefficient (Wildman–Crippen LogP) is 2.88. The van der Waals surface area contributed by atoms with Crippen molar-refractivity contribution in [3.8, 4) is 23.0 Å². The molecule has 8 nitrogen and oxygen atoms in total. The van der Waals surface area contributed by atoms with Gasteiger partial charge >= 0.3 is 0 Å². The highest BCUT2D eigenvalue weighted by atomic mass is 16.6. The van der Waals surface area contributed by atoms with Crippen LogP contribution in [-0.4, -0.2) is 38.6 Å². The number of ether oxygens (including phenoxy) is 4. The fourth-order valence-electron chi connectivity index (χ4n) is 2.14. The Hall–Kier alpha value is -3.29. The molecule has 0 atom stereocenters. The van der Waals surface area contributed by atoms with Gasteiger partial charge < -0.3 is 18.9 Å². The monoisotopic (exact) mass is 347 g/mol. The molecule has 0 aliphatic carbocycles. The molecule has 0 unspecified atom stereocenters. The van der Waals surface area contributed by atoms with Crippen LogP contribution in [0.3, 0.4) is 0 Å². The van der Waals surface area contributed by atoms with E-state index >= 15 is 0 Å². The number of nitrogens with zero attached hydrogens (tertiary/aromatic N) is 1. The van der Waals surface area contributed by atoms with Crippen LogP contribution in [0.4, 0.5) is 5.69 Å². The van der Waals surface area contributed by atoms with Crippen molar-refractivity contribution in [1.82, 2.24) is 0 Å². The number of benzene rings is 2. The van der Waals surface area contributed by atoms with E-state index in [2.05, 4.69) is 0 Å². The Kier molecular flexibility index (Phi) is 5.78. The van der Waals surface area contributed by atoms with Gasteiger partial charge in [-0.1, -0.05) is 0 Å². The van der Waals surface area contributed by atoms with Crippen molar-refractivity contribution in [2.45, 2.75) is 0 Å². The summed E-state index contributed by atoms with van der Waals surface area (Å²) in [6.45, 7) is -0.333. The van der Waals surface area contributed by atoms with Crippen molar-refractivity contribution in [2.75, 3.05) is 27.9 Å². The Morgan fingerprint density at radius 2 is 1.68 bits per heavy atom. The molecule has 0 amide bonds. The smallest absolute Gasteiger partial charge is 0.273 e. The number of Topliss-reactive ketones (excluding diaryl/α,β-unsaturated/α-hetero) is 1. The van der Waals surface area contributed by atoms with Crippen LogP contribution in [0.2, 0.25) is 0 Å². The zero-order chi connectivity index (χ0) is 18.4. The second-order valence-electron chi connectivity index (χ2n) is 4.87. The maximum Gasteiger partial charge on any atom is 0.273 e. The molecular weight excluding hydrogens is 330 g/mol. The molecule has 0 saturated carbocycles. The third-order valence-corrected chi connectivity index (χ3v) is 3.43. The number of carbonyl (C=O) groups is 1. The lowest BCUT2D eigenvalue weighted by Crippen LogP contribution is -2.13. The number of non-ortho nitro benzene ring substituents is 1. The van der Waals surface area contributed by atoms with Crippen LogP contribution in [0.15, 0.2) is 36.4 Å². The van der Waals surface area contributed by atoms with E-state index < -0.39 is 4.92 Å². The van der Waals surface area contributed by atoms with Gasteiger partial charge in [0.2, 0.25) is 5.78 Å². The zero-order valence-electron chi connectivity index (χ0n) is 14.0. The number of nitro benzene ring substituents is 1. The first-order valence-corrected chi connectivity index (χ1v) is 7.20. The Morgan fingerprint density at radius 3 is 2.28 bits per heavy atom. The molecule has 0 radical (unpaired) electrons. The maximum absolute atomic E-state index is 12.4. The number of methoxy groups -OCH3 is 3. The maximum atomic E-state index is 12.4. The molecule has 0 fully saturated rings. The van der Waals surface area contributed by atoms with Gasteiger partial charge in [0.25, 0.3) is 5.69 Å². The fourth-order valence-corrected chi connectivity index (χ4v) is 2.14. The van der Waals surface area contributed by atoms with Crippen LogP contribution < -0.4 is 18.9 Å². The van der Waals surface area contributed by atoms with Crippen LogP contribution >= 0.6 is 0 Å². The van der Waals surface area contributed by atoms with Crippen molar-refractivity contribution < 1.29 is 28.7 Å². The van der Waals surface area contributed by atoms with E-state index in [0.717, 1.165) is 0 Å². The minimum Gasteiger partial charge on any atom is -0.497 e. The van der Waals surface area contributed by atoms with Gasteiger partial charge in [-0.05, 0) is 18.2 Å². The summed E-state index contributed by atoms with van der Waals surface area (Å²) in [5, 5.41) is 10.9. The molecule has 8 heteroatoms. The van der Waals surface area contributed by atoms with Crippen LogP contribution in [-0.2, 0) is 0 Å². The van der Waals surface area contributed by atoms with E-state index in [4.69, 9.17) is 18.9 Å². The summed E-state index contributed by atoms with van der Waals surface area (Å²) in [5.74, 6) is 0.944. The van der Waals surface area contributed by atoms with Gasteiger partial charge in [-0.3, -0.25) is 14.9 Å². The van der Waals surface area contributed by atoms with Crippen molar-refractivity contribution in [1.29, 1.82) is 0 Å². The Morgan fingerprint density at radius 1 is 0.960 bits per heavy atom. The largest absolute Gasteiger partial charge is 0.497 e. The van der Waals surface area contributed by atoms with E-state index in [1.165, 1.54) is 39.5 Å². The first-order chi connectivity index (χ1) is 12.0. The standard InChI is InChI=1S/C17H17NO7/c1-22-12-5-6-13(16(9-12)24-3)14(19)10-25-17-8-11(18(20)21)4-7-15(17)23-2/h4-9H,10H2,1-3H3. The van der Waals surface area contributed by atoms with Gasteiger partial charge in [0.05, 0.1) is 37.9 Å². The number of rotatable bonds is 8. The van der Waals surface area contributed by atoms with Crippen LogP contribution in [0.25, 0.3) is 0 Å². The summed E-state index contributed by atoms with van der Waals surface area (Å²) < 4.78 is 20.8. The SMILES string of the molecule is COc1ccc(C(=O)COc2cc([N+](=O)[O-])ccc2OC)c(OC)c1. The molecule has 132 valence electrons. The normalized spacial score (nSPS) is 10.0. The van der Waals surface area contributed by atoms with Gasteiger partial charge in [0.1, 0.15) is 11.5 Å². The van der Waals surface area contributed by atoms with E-state index in [9.17, 15) is 14.9 Å². The molecule has 0 bridgehead atoms. The first-order valence-electron chi connectivity index (χ1n) is 7.20. The highest BCUT2D eigenvalue weighted by Crippen LogP contribution is 2.31. The highest BCUT2D eigenvalue weighted by Gasteiger charge is 2.17. The molecule has 2 rings (SSSR count). The Labute approximate surface area is 144 Å². The molecule has 25 heavy (non-hydrogen) atoms. The van der Waals surface area contributed by atoms with Gasteiger partial charge in [0, 0.05) is 12.1 Å². The molecule has 0 aromatic heterocycles. The molecule has 2 aromatic rings. The summed E-state index contributed by atoms with van der Waals surface area (Å²) in [4.78, 5) is 22.7. The minimum atomic E-state index is -0.555. The lowest BCUT2D eigenvalue weighted by atomic mass is 10.1. The van der Waals surface area contributed by atoms with E-state index in [1.54, 1.807) is 18.2 Å². The van der Waals surface area contributed by atoms with Crippen molar-refractivity contribution in [3.05, 3.63) is 52.1 Å². The third kappa shape index (κ3) is 4.17. The van der Waals surface area contributed by atoms with Crippen LogP contribution in [0, 0.1) is 10.1 Å². The number of hydrogen-bond donors (Lipinski definition) is 0. The predicted molar refractivity (Wildman–Crippen MR) is 89.0 cm³/mol. The van der Waals surface area contributed by atoms with Gasteiger partial charge in [-0.15, -0.1) is 0 Å². The number of nitro groups is 1. The fraction of sp³-hybridized carbons (Fsp3) is 0.235. The zero-order valence-corrected chi connectivity index (χ0v) is 14.0. The number of carbonyl (C=O) groups excluding carboxylic acids is 1. The lowest BCUT2D eigenvalue weighted by molar-refractivity contribution is -0.385. The molecule has 0 aliphatic heterocycles. The van der Waals surface area contributed by atoms with Crippen LogP contribution in [0.1, 0.15) is 10.4 Å². The lowest BCUT2D eigenvalue weighted by Gasteiger charge is -2.12. The average molecular weight is 347 g/mol. The minimum absolute atomic E-state index is 0.109. The molecule has 2 aromatic carbocycles. The summed E-state index contributed by atoms with van der Waals surface area (Å²) in [5.41, 5.74) is 0.151. The highest BCUT2D eigenvalue weighted by molar-refractivity contribution is 6.00. The quantitative estimate of drug-likeness (QED) is 0.411. The molecule has 0 saturated heterocycles. The average Bonchev–Trinajstić information content (AvgIpc) is 2.64. The summed E-state index contributed by atoms with van der Waals surface area (Å²) in [7, 11) is 4.35. The third-order valence-electron chi connectivity index (χ3n) is 3.43. The molecule has 0 spiro atoms. The molecule has 0 aliphatic rings. The van der Waals surface area contributed by atoms with Crippen LogP contribution in [0.5, 0.6) is 23.0 Å². The summed E-state index contributed by atoms with van der Waals surface area (Å²) >= 11 is 0. The van der Waals surface area contributed by atoms with Crippen molar-refractivity contribution >= 4 is 11.5 Å².